The summed E-state index contributed by atoms with van der Waals surface area (Å²) in [6.45, 7) is 3.54. The molecule has 1 N–H and O–H groups in total. The second kappa shape index (κ2) is 8.39. The highest BCUT2D eigenvalue weighted by Gasteiger charge is 2.31. The lowest BCUT2D eigenvalue weighted by molar-refractivity contribution is -0.121. The summed E-state index contributed by atoms with van der Waals surface area (Å²) < 4.78 is 26.8. The zero-order chi connectivity index (χ0) is 19.4. The van der Waals surface area contributed by atoms with E-state index in [-0.39, 0.29) is 11.9 Å². The van der Waals surface area contributed by atoms with Crippen LogP contribution >= 0.6 is 11.6 Å². The number of carbonyl (C=O) groups is 1. The Kier molecular flexibility index (Phi) is 6.16. The number of amides is 1. The number of anilines is 1. The summed E-state index contributed by atoms with van der Waals surface area (Å²) in [7, 11) is -3.49. The zero-order valence-electron chi connectivity index (χ0n) is 15.0. The van der Waals surface area contributed by atoms with E-state index in [1.165, 1.54) is 4.31 Å². The summed E-state index contributed by atoms with van der Waals surface area (Å²) in [5.74, 6) is -0.128. The Morgan fingerprint density at radius 2 is 1.59 bits per heavy atom. The molecule has 6 nitrogen and oxygen atoms in total. The monoisotopic (exact) mass is 407 g/mol. The van der Waals surface area contributed by atoms with Crippen LogP contribution in [0.1, 0.15) is 6.92 Å². The highest BCUT2D eigenvalue weighted by atomic mass is 35.5. The normalized spacial score (nSPS) is 17.4. The summed E-state index contributed by atoms with van der Waals surface area (Å²) >= 11 is 5.85. The topological polar surface area (TPSA) is 69.7 Å². The fourth-order valence-electron chi connectivity index (χ4n) is 3.02. The van der Waals surface area contributed by atoms with Crippen LogP contribution in [0.5, 0.6) is 0 Å². The molecule has 1 saturated heterocycles. The molecule has 27 heavy (non-hydrogen) atoms. The average molecular weight is 408 g/mol. The summed E-state index contributed by atoms with van der Waals surface area (Å²) in [6.07, 6.45) is 0. The van der Waals surface area contributed by atoms with E-state index in [1.807, 2.05) is 11.8 Å². The standard InChI is InChI=1S/C19H22ClN3O3S/c1-15(19(24)21-17-9-7-16(20)8-10-17)22-11-13-23(14-12-22)27(25,26)18-5-3-2-4-6-18/h2-10,15H,11-14H2,1H3,(H,21,24). The molecule has 0 spiro atoms. The van der Waals surface area contributed by atoms with Crippen molar-refractivity contribution in [1.29, 1.82) is 0 Å². The molecule has 0 aromatic heterocycles. The molecule has 1 amide bonds. The van der Waals surface area contributed by atoms with Crippen LogP contribution in [0, 0.1) is 0 Å². The van der Waals surface area contributed by atoms with Crippen LogP contribution in [-0.4, -0.2) is 55.8 Å². The fourth-order valence-corrected chi connectivity index (χ4v) is 4.59. The van der Waals surface area contributed by atoms with E-state index in [1.54, 1.807) is 54.6 Å². The molecule has 1 unspecified atom stereocenters. The molecule has 1 heterocycles. The van der Waals surface area contributed by atoms with E-state index in [0.29, 0.717) is 41.8 Å². The minimum atomic E-state index is -3.49. The van der Waals surface area contributed by atoms with Crippen LogP contribution in [0.25, 0.3) is 0 Å². The summed E-state index contributed by atoms with van der Waals surface area (Å²) in [4.78, 5) is 14.8. The maximum atomic E-state index is 12.7. The SMILES string of the molecule is CC(C(=O)Nc1ccc(Cl)cc1)N1CCN(S(=O)(=O)c2ccccc2)CC1. The van der Waals surface area contributed by atoms with E-state index in [4.69, 9.17) is 11.6 Å². The van der Waals surface area contributed by atoms with Crippen molar-refractivity contribution in [1.82, 2.24) is 9.21 Å². The summed E-state index contributed by atoms with van der Waals surface area (Å²) in [5, 5.41) is 3.47. The Labute approximate surface area is 164 Å². The molecular weight excluding hydrogens is 386 g/mol. The van der Waals surface area contributed by atoms with E-state index < -0.39 is 10.0 Å². The summed E-state index contributed by atoms with van der Waals surface area (Å²) in [5.41, 5.74) is 0.682. The van der Waals surface area contributed by atoms with E-state index >= 15 is 0 Å². The molecule has 1 atom stereocenters. The van der Waals surface area contributed by atoms with Gasteiger partial charge >= 0.3 is 0 Å². The molecular formula is C19H22ClN3O3S. The Balaban J connectivity index is 1.58. The number of nitrogens with one attached hydrogen (secondary N) is 1. The molecule has 144 valence electrons. The van der Waals surface area contributed by atoms with Crippen LogP contribution in [0.2, 0.25) is 5.02 Å². The molecule has 3 rings (SSSR count). The molecule has 2 aromatic carbocycles. The predicted molar refractivity (Wildman–Crippen MR) is 106 cm³/mol. The first kappa shape index (κ1) is 19.8. The predicted octanol–water partition coefficient (Wildman–Crippen LogP) is 2.67. The first-order valence-corrected chi connectivity index (χ1v) is 10.6. The number of nitrogens with zero attached hydrogens (tertiary/aromatic N) is 2. The largest absolute Gasteiger partial charge is 0.325 e. The van der Waals surface area contributed by atoms with Gasteiger partial charge in [-0.05, 0) is 43.3 Å². The van der Waals surface area contributed by atoms with Crippen molar-refractivity contribution >= 4 is 33.2 Å². The molecule has 0 aliphatic carbocycles. The van der Waals surface area contributed by atoms with Crippen molar-refractivity contribution in [2.24, 2.45) is 0 Å². The van der Waals surface area contributed by atoms with Gasteiger partial charge in [0.25, 0.3) is 0 Å². The van der Waals surface area contributed by atoms with Crippen LogP contribution in [0.15, 0.2) is 59.5 Å². The molecule has 0 bridgehead atoms. The van der Waals surface area contributed by atoms with Crippen LogP contribution in [0.4, 0.5) is 5.69 Å². The molecule has 1 aliphatic rings. The second-order valence-corrected chi connectivity index (χ2v) is 8.80. The van der Waals surface area contributed by atoms with Gasteiger partial charge in [0.2, 0.25) is 15.9 Å². The van der Waals surface area contributed by atoms with Crippen LogP contribution in [0.3, 0.4) is 0 Å². The molecule has 8 heteroatoms. The number of carbonyl (C=O) groups excluding carboxylic acids is 1. The third kappa shape index (κ3) is 4.68. The minimum absolute atomic E-state index is 0.128. The molecule has 1 fully saturated rings. The molecule has 1 aliphatic heterocycles. The van der Waals surface area contributed by atoms with Gasteiger partial charge in [0, 0.05) is 36.9 Å². The first-order valence-electron chi connectivity index (χ1n) is 8.73. The van der Waals surface area contributed by atoms with Crippen molar-refractivity contribution in [3.63, 3.8) is 0 Å². The van der Waals surface area contributed by atoms with Crippen molar-refractivity contribution in [3.05, 3.63) is 59.6 Å². The lowest BCUT2D eigenvalue weighted by Crippen LogP contribution is -2.53. The van der Waals surface area contributed by atoms with Gasteiger partial charge in [-0.25, -0.2) is 8.42 Å². The van der Waals surface area contributed by atoms with E-state index in [0.717, 1.165) is 0 Å². The molecule has 2 aromatic rings. The minimum Gasteiger partial charge on any atom is -0.325 e. The van der Waals surface area contributed by atoms with Crippen molar-refractivity contribution < 1.29 is 13.2 Å². The van der Waals surface area contributed by atoms with Gasteiger partial charge in [-0.2, -0.15) is 4.31 Å². The Bertz CT molecular complexity index is 880. The Hall–Kier alpha value is -1.93. The highest BCUT2D eigenvalue weighted by molar-refractivity contribution is 7.89. The van der Waals surface area contributed by atoms with Crippen molar-refractivity contribution in [2.75, 3.05) is 31.5 Å². The van der Waals surface area contributed by atoms with E-state index in [2.05, 4.69) is 5.32 Å². The number of halogens is 1. The first-order chi connectivity index (χ1) is 12.9. The highest BCUT2D eigenvalue weighted by Crippen LogP contribution is 2.19. The fraction of sp³-hybridized carbons (Fsp3) is 0.316. The van der Waals surface area contributed by atoms with Crippen LogP contribution in [-0.2, 0) is 14.8 Å². The van der Waals surface area contributed by atoms with Gasteiger partial charge in [0.15, 0.2) is 0 Å². The number of piperazine rings is 1. The number of sulfonamides is 1. The van der Waals surface area contributed by atoms with Gasteiger partial charge in [0.1, 0.15) is 0 Å². The van der Waals surface area contributed by atoms with Gasteiger partial charge in [-0.15, -0.1) is 0 Å². The third-order valence-electron chi connectivity index (χ3n) is 4.69. The summed E-state index contributed by atoms with van der Waals surface area (Å²) in [6, 6.07) is 15.0. The zero-order valence-corrected chi connectivity index (χ0v) is 16.6. The number of hydrogen-bond acceptors (Lipinski definition) is 4. The van der Waals surface area contributed by atoms with Crippen LogP contribution < -0.4 is 5.32 Å². The van der Waals surface area contributed by atoms with Gasteiger partial charge < -0.3 is 5.32 Å². The maximum absolute atomic E-state index is 12.7. The van der Waals surface area contributed by atoms with Crippen molar-refractivity contribution in [3.8, 4) is 0 Å². The number of rotatable bonds is 5. The second-order valence-electron chi connectivity index (χ2n) is 6.43. The van der Waals surface area contributed by atoms with Gasteiger partial charge in [-0.1, -0.05) is 29.8 Å². The molecule has 0 saturated carbocycles. The number of benzene rings is 2. The Morgan fingerprint density at radius 1 is 1.00 bits per heavy atom. The van der Waals surface area contributed by atoms with Gasteiger partial charge in [-0.3, -0.25) is 9.69 Å². The van der Waals surface area contributed by atoms with E-state index in [9.17, 15) is 13.2 Å². The molecule has 0 radical (unpaired) electrons. The third-order valence-corrected chi connectivity index (χ3v) is 6.86. The Morgan fingerprint density at radius 3 is 2.19 bits per heavy atom. The maximum Gasteiger partial charge on any atom is 0.243 e. The quantitative estimate of drug-likeness (QED) is 0.827. The van der Waals surface area contributed by atoms with Crippen molar-refractivity contribution in [2.45, 2.75) is 17.9 Å². The average Bonchev–Trinajstić information content (AvgIpc) is 2.70. The number of hydrogen-bond donors (Lipinski definition) is 1. The lowest BCUT2D eigenvalue weighted by Gasteiger charge is -2.36. The van der Waals surface area contributed by atoms with Gasteiger partial charge in [0.05, 0.1) is 10.9 Å². The lowest BCUT2D eigenvalue weighted by atomic mass is 10.2. The smallest absolute Gasteiger partial charge is 0.243 e.